The summed E-state index contributed by atoms with van der Waals surface area (Å²) in [6, 6.07) is 15.0. The normalized spacial score (nSPS) is 12.1. The molecule has 0 heterocycles. The number of hydrogen-bond acceptors (Lipinski definition) is 1. The predicted molar refractivity (Wildman–Crippen MR) is 84.9 cm³/mol. The molecule has 122 valence electrons. The highest BCUT2D eigenvalue weighted by atomic mass is 19.4. The maximum atomic E-state index is 12.7. The lowest BCUT2D eigenvalue weighted by Gasteiger charge is -2.13. The molecule has 2 rings (SSSR count). The first-order valence-corrected chi connectivity index (χ1v) is 7.13. The van der Waals surface area contributed by atoms with Crippen LogP contribution in [0.15, 0.2) is 59.6 Å². The van der Waals surface area contributed by atoms with Gasteiger partial charge in [-0.2, -0.15) is 13.2 Å². The summed E-state index contributed by atoms with van der Waals surface area (Å²) < 4.78 is 38.1. The number of rotatable bonds is 4. The van der Waals surface area contributed by atoms with E-state index in [0.717, 1.165) is 17.7 Å². The van der Waals surface area contributed by atoms with E-state index in [1.54, 1.807) is 13.1 Å². The number of nitrogens with one attached hydrogen (secondary N) is 2. The van der Waals surface area contributed by atoms with Crippen LogP contribution in [0.25, 0.3) is 0 Å². The van der Waals surface area contributed by atoms with Gasteiger partial charge in [-0.1, -0.05) is 42.5 Å². The number of aliphatic imine (C=N–C) groups is 1. The van der Waals surface area contributed by atoms with Crippen LogP contribution in [0, 0.1) is 0 Å². The Morgan fingerprint density at radius 3 is 2.13 bits per heavy atom. The molecule has 0 bridgehead atoms. The molecule has 0 aliphatic heterocycles. The minimum Gasteiger partial charge on any atom is -0.352 e. The lowest BCUT2D eigenvalue weighted by atomic mass is 10.1. The van der Waals surface area contributed by atoms with Crippen LogP contribution in [0.5, 0.6) is 0 Å². The minimum absolute atomic E-state index is 0.262. The van der Waals surface area contributed by atoms with Crippen molar-refractivity contribution < 1.29 is 13.2 Å². The fourth-order valence-corrected chi connectivity index (χ4v) is 2.05. The topological polar surface area (TPSA) is 36.4 Å². The van der Waals surface area contributed by atoms with Gasteiger partial charge >= 0.3 is 6.18 Å². The molecular formula is C17H18F3N3. The van der Waals surface area contributed by atoms with Crippen molar-refractivity contribution in [2.24, 2.45) is 4.99 Å². The molecule has 0 aliphatic rings. The minimum atomic E-state index is -4.33. The van der Waals surface area contributed by atoms with Crippen molar-refractivity contribution in [1.29, 1.82) is 0 Å². The van der Waals surface area contributed by atoms with Crippen molar-refractivity contribution in [1.82, 2.24) is 10.6 Å². The fraction of sp³-hybridized carbons (Fsp3) is 0.235. The van der Waals surface area contributed by atoms with Gasteiger partial charge in [-0.15, -0.1) is 0 Å². The van der Waals surface area contributed by atoms with Crippen molar-refractivity contribution >= 4 is 5.96 Å². The Morgan fingerprint density at radius 2 is 1.52 bits per heavy atom. The van der Waals surface area contributed by atoms with E-state index in [-0.39, 0.29) is 6.54 Å². The number of hydrogen-bond donors (Lipinski definition) is 2. The summed E-state index contributed by atoms with van der Waals surface area (Å²) in [7, 11) is 1.62. The van der Waals surface area contributed by atoms with E-state index in [1.165, 1.54) is 6.07 Å². The van der Waals surface area contributed by atoms with Gasteiger partial charge in [0.15, 0.2) is 5.96 Å². The molecule has 0 atom stereocenters. The number of nitrogens with zero attached hydrogens (tertiary/aromatic N) is 1. The highest BCUT2D eigenvalue weighted by molar-refractivity contribution is 5.79. The van der Waals surface area contributed by atoms with Gasteiger partial charge in [0.1, 0.15) is 0 Å². The summed E-state index contributed by atoms with van der Waals surface area (Å²) in [5.41, 5.74) is 0.987. The third kappa shape index (κ3) is 5.32. The largest absolute Gasteiger partial charge is 0.416 e. The molecule has 0 amide bonds. The first kappa shape index (κ1) is 16.9. The Hall–Kier alpha value is -2.50. The van der Waals surface area contributed by atoms with E-state index in [1.807, 2.05) is 30.3 Å². The third-order valence-electron chi connectivity index (χ3n) is 3.24. The lowest BCUT2D eigenvalue weighted by molar-refractivity contribution is -0.137. The van der Waals surface area contributed by atoms with Gasteiger partial charge < -0.3 is 10.6 Å². The maximum absolute atomic E-state index is 12.7. The van der Waals surface area contributed by atoms with Crippen molar-refractivity contribution in [3.8, 4) is 0 Å². The summed E-state index contributed by atoms with van der Waals surface area (Å²) in [5.74, 6) is 0.534. The lowest BCUT2D eigenvalue weighted by Crippen LogP contribution is -2.36. The van der Waals surface area contributed by atoms with E-state index in [0.29, 0.717) is 18.1 Å². The second-order valence-corrected chi connectivity index (χ2v) is 4.96. The number of halogens is 3. The monoisotopic (exact) mass is 321 g/mol. The molecule has 0 saturated heterocycles. The summed E-state index contributed by atoms with van der Waals surface area (Å²) in [6.07, 6.45) is -4.33. The highest BCUT2D eigenvalue weighted by Gasteiger charge is 2.30. The van der Waals surface area contributed by atoms with E-state index >= 15 is 0 Å². The summed E-state index contributed by atoms with van der Waals surface area (Å²) in [6.45, 7) is 0.849. The average molecular weight is 321 g/mol. The molecule has 0 saturated carbocycles. The molecule has 0 spiro atoms. The van der Waals surface area contributed by atoms with Gasteiger partial charge in [0, 0.05) is 20.1 Å². The average Bonchev–Trinajstić information content (AvgIpc) is 2.55. The van der Waals surface area contributed by atoms with Crippen molar-refractivity contribution in [3.05, 3.63) is 71.3 Å². The second-order valence-electron chi connectivity index (χ2n) is 4.96. The number of alkyl halides is 3. The Bertz CT molecular complexity index is 652. The molecule has 0 radical (unpaired) electrons. The third-order valence-corrected chi connectivity index (χ3v) is 3.24. The van der Waals surface area contributed by atoms with Gasteiger partial charge in [0.25, 0.3) is 0 Å². The van der Waals surface area contributed by atoms with Crippen LogP contribution in [-0.2, 0) is 19.3 Å². The van der Waals surface area contributed by atoms with Crippen LogP contribution in [0.4, 0.5) is 13.2 Å². The second kappa shape index (κ2) is 7.67. The smallest absolute Gasteiger partial charge is 0.352 e. The van der Waals surface area contributed by atoms with Crippen LogP contribution < -0.4 is 10.6 Å². The molecule has 6 heteroatoms. The van der Waals surface area contributed by atoms with Crippen molar-refractivity contribution in [2.75, 3.05) is 7.05 Å². The number of benzene rings is 2. The van der Waals surface area contributed by atoms with E-state index < -0.39 is 11.7 Å². The van der Waals surface area contributed by atoms with Crippen molar-refractivity contribution in [3.63, 3.8) is 0 Å². The SMILES string of the molecule is CN=C(NCc1ccccc1)NCc1cccc(C(F)(F)F)c1. The van der Waals surface area contributed by atoms with E-state index in [9.17, 15) is 13.2 Å². The van der Waals surface area contributed by atoms with Gasteiger partial charge in [0.05, 0.1) is 5.56 Å². The summed E-state index contributed by atoms with van der Waals surface area (Å²) >= 11 is 0. The zero-order chi connectivity index (χ0) is 16.7. The predicted octanol–water partition coefficient (Wildman–Crippen LogP) is 3.57. The van der Waals surface area contributed by atoms with Crippen molar-refractivity contribution in [2.45, 2.75) is 19.3 Å². The highest BCUT2D eigenvalue weighted by Crippen LogP contribution is 2.29. The summed E-state index contributed by atoms with van der Waals surface area (Å²) in [4.78, 5) is 4.06. The Morgan fingerprint density at radius 1 is 0.913 bits per heavy atom. The molecule has 2 aromatic carbocycles. The Labute approximate surface area is 133 Å². The molecule has 0 fully saturated rings. The molecule has 2 aromatic rings. The first-order chi connectivity index (χ1) is 11.0. The zero-order valence-electron chi connectivity index (χ0n) is 12.7. The zero-order valence-corrected chi connectivity index (χ0v) is 12.7. The van der Waals surface area contributed by atoms with Gasteiger partial charge in [-0.05, 0) is 23.3 Å². The molecule has 0 aliphatic carbocycles. The first-order valence-electron chi connectivity index (χ1n) is 7.13. The van der Waals surface area contributed by atoms with Crippen LogP contribution in [-0.4, -0.2) is 13.0 Å². The van der Waals surface area contributed by atoms with E-state index in [2.05, 4.69) is 15.6 Å². The standard InChI is InChI=1S/C17H18F3N3/c1-21-16(22-11-13-6-3-2-4-7-13)23-12-14-8-5-9-15(10-14)17(18,19)20/h2-10H,11-12H2,1H3,(H2,21,22,23). The maximum Gasteiger partial charge on any atom is 0.416 e. The van der Waals surface area contributed by atoms with Crippen LogP contribution in [0.2, 0.25) is 0 Å². The molecule has 2 N–H and O–H groups in total. The molecule has 3 nitrogen and oxygen atoms in total. The molecular weight excluding hydrogens is 303 g/mol. The van der Waals surface area contributed by atoms with E-state index in [4.69, 9.17) is 0 Å². The van der Waals surface area contributed by atoms with Crippen LogP contribution >= 0.6 is 0 Å². The molecule has 0 aromatic heterocycles. The Balaban J connectivity index is 1.91. The summed E-state index contributed by atoms with van der Waals surface area (Å²) in [5, 5.41) is 6.12. The molecule has 0 unspecified atom stereocenters. The quantitative estimate of drug-likeness (QED) is 0.667. The Kier molecular flexibility index (Phi) is 5.62. The van der Waals surface area contributed by atoms with Gasteiger partial charge in [0.2, 0.25) is 0 Å². The van der Waals surface area contributed by atoms with Crippen LogP contribution in [0.1, 0.15) is 16.7 Å². The van der Waals surface area contributed by atoms with Gasteiger partial charge in [-0.3, -0.25) is 4.99 Å². The fourth-order valence-electron chi connectivity index (χ4n) is 2.05. The molecule has 23 heavy (non-hydrogen) atoms. The van der Waals surface area contributed by atoms with Gasteiger partial charge in [-0.25, -0.2) is 0 Å². The number of guanidine groups is 1. The van der Waals surface area contributed by atoms with Crippen LogP contribution in [0.3, 0.4) is 0 Å².